The van der Waals surface area contributed by atoms with E-state index in [9.17, 15) is 0 Å². The van der Waals surface area contributed by atoms with Crippen LogP contribution in [0, 0.1) is 0 Å². The van der Waals surface area contributed by atoms with Crippen molar-refractivity contribution in [2.45, 2.75) is 5.41 Å². The fourth-order valence-electron chi connectivity index (χ4n) is 8.72. The first-order valence-corrected chi connectivity index (χ1v) is 17.1. The van der Waals surface area contributed by atoms with Crippen molar-refractivity contribution in [1.82, 2.24) is 0 Å². The quantitative estimate of drug-likeness (QED) is 0.172. The van der Waals surface area contributed by atoms with E-state index < -0.39 is 5.41 Å². The van der Waals surface area contributed by atoms with E-state index in [-0.39, 0.29) is 0 Å². The Morgan fingerprint density at radius 3 is 1.14 bits per heavy atom. The minimum Gasteiger partial charge on any atom is -0.0619 e. The molecule has 1 spiro atoms. The molecule has 0 radical (unpaired) electrons. The average Bonchev–Trinajstić information content (AvgIpc) is 3.64. The second-order valence-corrected chi connectivity index (χ2v) is 13.2. The summed E-state index contributed by atoms with van der Waals surface area (Å²) in [6, 6.07) is 62.4. The van der Waals surface area contributed by atoms with Crippen molar-refractivity contribution in [2.24, 2.45) is 0 Å². The largest absolute Gasteiger partial charge is 0.0725 e. The van der Waals surface area contributed by atoms with Crippen LogP contribution in [0.3, 0.4) is 0 Å². The van der Waals surface area contributed by atoms with E-state index in [4.69, 9.17) is 0 Å². The van der Waals surface area contributed by atoms with Gasteiger partial charge in [-0.2, -0.15) is 0 Å². The first kappa shape index (κ1) is 27.8. The third-order valence-corrected chi connectivity index (χ3v) is 10.7. The summed E-state index contributed by atoms with van der Waals surface area (Å²) in [7, 11) is 0. The lowest BCUT2D eigenvalue weighted by atomic mass is 9.70. The maximum absolute atomic E-state index is 2.37. The van der Waals surface area contributed by atoms with E-state index in [1.54, 1.807) is 0 Å². The summed E-state index contributed by atoms with van der Waals surface area (Å²) in [6.45, 7) is 0. The van der Waals surface area contributed by atoms with Crippen LogP contribution in [0.25, 0.3) is 68.1 Å². The van der Waals surface area contributed by atoms with Crippen molar-refractivity contribution in [3.63, 3.8) is 0 Å². The molecule has 8 aromatic rings. The van der Waals surface area contributed by atoms with Crippen LogP contribution in [-0.2, 0) is 5.41 Å². The highest BCUT2D eigenvalue weighted by atomic mass is 14.5. The second-order valence-electron chi connectivity index (χ2n) is 13.2. The average molecular weight is 621 g/mol. The Hall–Kier alpha value is -6.24. The molecule has 8 aromatic carbocycles. The fourth-order valence-corrected chi connectivity index (χ4v) is 8.72. The Morgan fingerprint density at radius 1 is 0.286 bits per heavy atom. The molecule has 0 amide bonds. The summed E-state index contributed by atoms with van der Waals surface area (Å²) in [5.41, 5.74) is 15.3. The van der Waals surface area contributed by atoms with Crippen molar-refractivity contribution < 1.29 is 0 Å². The summed E-state index contributed by atoms with van der Waals surface area (Å²) in [5.74, 6) is 0. The number of hydrogen-bond acceptors (Lipinski definition) is 0. The van der Waals surface area contributed by atoms with Crippen LogP contribution in [0.15, 0.2) is 170 Å². The number of benzene rings is 8. The molecule has 0 fully saturated rings. The zero-order valence-corrected chi connectivity index (χ0v) is 27.0. The second kappa shape index (κ2) is 10.9. The number of hydrogen-bond donors (Lipinski definition) is 0. The fraction of sp³-hybridized carbons (Fsp3) is 0.0204. The van der Waals surface area contributed by atoms with Crippen molar-refractivity contribution in [3.05, 3.63) is 214 Å². The van der Waals surface area contributed by atoms with Gasteiger partial charge in [-0.3, -0.25) is 0 Å². The van der Waals surface area contributed by atoms with E-state index in [0.717, 1.165) is 0 Å². The first-order chi connectivity index (χ1) is 24.3. The van der Waals surface area contributed by atoms with E-state index in [1.165, 1.54) is 88.3 Å². The zero-order valence-electron chi connectivity index (χ0n) is 27.0. The van der Waals surface area contributed by atoms with Crippen molar-refractivity contribution in [3.8, 4) is 22.3 Å². The molecule has 0 aliphatic heterocycles. The molecule has 0 heterocycles. The van der Waals surface area contributed by atoms with Gasteiger partial charge in [-0.25, -0.2) is 0 Å². The van der Waals surface area contributed by atoms with Crippen LogP contribution in [0.2, 0.25) is 0 Å². The molecule has 2 aliphatic carbocycles. The molecular formula is C49H32. The van der Waals surface area contributed by atoms with Crippen molar-refractivity contribution in [1.29, 1.82) is 0 Å². The van der Waals surface area contributed by atoms with Gasteiger partial charge in [0.05, 0.1) is 5.41 Å². The third-order valence-electron chi connectivity index (χ3n) is 10.7. The van der Waals surface area contributed by atoms with Crippen molar-refractivity contribution in [2.75, 3.05) is 0 Å². The summed E-state index contributed by atoms with van der Waals surface area (Å²) in [4.78, 5) is 0. The Morgan fingerprint density at radius 2 is 0.633 bits per heavy atom. The molecule has 0 N–H and O–H groups in total. The molecule has 0 saturated carbocycles. The molecule has 0 bridgehead atoms. The monoisotopic (exact) mass is 620 g/mol. The van der Waals surface area contributed by atoms with Gasteiger partial charge in [-0.05, 0) is 88.3 Å². The summed E-state index contributed by atoms with van der Waals surface area (Å²) in [6.07, 6.45) is 9.22. The van der Waals surface area contributed by atoms with Gasteiger partial charge in [0.1, 0.15) is 0 Å². The Kier molecular flexibility index (Phi) is 6.19. The molecule has 228 valence electrons. The lowest BCUT2D eigenvalue weighted by Crippen LogP contribution is -2.25. The molecule has 0 unspecified atom stereocenters. The van der Waals surface area contributed by atoms with Crippen LogP contribution in [0.1, 0.15) is 44.5 Å². The van der Waals surface area contributed by atoms with E-state index in [1.807, 2.05) is 0 Å². The van der Waals surface area contributed by atoms with Crippen LogP contribution in [0.5, 0.6) is 0 Å². The molecule has 2 aliphatic rings. The standard InChI is InChI=1S/C49H32/c1-3-21-39-33(13-1)15-9-17-35(39)29-31-37-19-11-27-45-47(37)41-23-5-7-25-43(41)49(45)44-26-8-6-24-42(44)48-38(20-12-28-46(48)49)32-30-36-18-10-16-34-14-2-4-22-40(34)36/h1-32H. The molecule has 0 heteroatoms. The van der Waals surface area contributed by atoms with Gasteiger partial charge < -0.3 is 0 Å². The molecular weight excluding hydrogens is 589 g/mol. The van der Waals surface area contributed by atoms with Crippen LogP contribution in [-0.4, -0.2) is 0 Å². The molecule has 0 atom stereocenters. The molecule has 0 saturated heterocycles. The normalized spacial score (nSPS) is 15.7. The minimum absolute atomic E-state index is 0.398. The highest BCUT2D eigenvalue weighted by Crippen LogP contribution is 2.63. The predicted molar refractivity (Wildman–Crippen MR) is 208 cm³/mol. The highest BCUT2D eigenvalue weighted by Gasteiger charge is 2.52. The minimum atomic E-state index is -0.398. The summed E-state index contributed by atoms with van der Waals surface area (Å²) in [5, 5.41) is 5.07. The van der Waals surface area contributed by atoms with Crippen molar-refractivity contribution >= 4 is 45.8 Å². The van der Waals surface area contributed by atoms with Gasteiger partial charge in [0.2, 0.25) is 0 Å². The molecule has 10 rings (SSSR count). The SMILES string of the molecule is C(=Cc1cccc2ccccc12)c1cccc2c1-c1ccccc1C21c2ccccc2-c2c(C=Cc3cccc4ccccc34)cccc21. The van der Waals surface area contributed by atoms with Gasteiger partial charge >= 0.3 is 0 Å². The maximum atomic E-state index is 2.37. The summed E-state index contributed by atoms with van der Waals surface area (Å²) >= 11 is 0. The Bertz CT molecular complexity index is 2470. The molecule has 0 nitrogen and oxygen atoms in total. The van der Waals surface area contributed by atoms with Gasteiger partial charge in [0.15, 0.2) is 0 Å². The lowest BCUT2D eigenvalue weighted by Gasteiger charge is -2.30. The molecule has 49 heavy (non-hydrogen) atoms. The number of rotatable bonds is 4. The van der Waals surface area contributed by atoms with E-state index in [2.05, 4.69) is 194 Å². The molecule has 0 aromatic heterocycles. The Balaban J connectivity index is 1.19. The van der Waals surface area contributed by atoms with Gasteiger partial charge in [-0.15, -0.1) is 0 Å². The summed E-state index contributed by atoms with van der Waals surface area (Å²) < 4.78 is 0. The van der Waals surface area contributed by atoms with Crippen LogP contribution >= 0.6 is 0 Å². The maximum Gasteiger partial charge on any atom is 0.0725 e. The van der Waals surface area contributed by atoms with Gasteiger partial charge in [-0.1, -0.05) is 194 Å². The van der Waals surface area contributed by atoms with Crippen LogP contribution < -0.4 is 0 Å². The van der Waals surface area contributed by atoms with E-state index >= 15 is 0 Å². The van der Waals surface area contributed by atoms with Gasteiger partial charge in [0, 0.05) is 0 Å². The van der Waals surface area contributed by atoms with Gasteiger partial charge in [0.25, 0.3) is 0 Å². The smallest absolute Gasteiger partial charge is 0.0619 e. The third kappa shape index (κ3) is 4.04. The lowest BCUT2D eigenvalue weighted by molar-refractivity contribution is 0.793. The predicted octanol–water partition coefficient (Wildman–Crippen LogP) is 12.7. The Labute approximate surface area is 287 Å². The zero-order chi connectivity index (χ0) is 32.4. The first-order valence-electron chi connectivity index (χ1n) is 17.1. The van der Waals surface area contributed by atoms with Crippen LogP contribution in [0.4, 0.5) is 0 Å². The number of fused-ring (bicyclic) bond motifs is 12. The topological polar surface area (TPSA) is 0 Å². The van der Waals surface area contributed by atoms with E-state index in [0.29, 0.717) is 0 Å². The highest BCUT2D eigenvalue weighted by molar-refractivity contribution is 6.02.